The number of carbonyl (C=O) groups excluding carboxylic acids is 2. The molecule has 0 saturated carbocycles. The van der Waals surface area contributed by atoms with E-state index in [4.69, 9.17) is 5.11 Å². The van der Waals surface area contributed by atoms with Crippen LogP contribution in [0, 0.1) is 5.92 Å². The normalized spacial score (nSPS) is 18.5. The maximum atomic E-state index is 14.0. The summed E-state index contributed by atoms with van der Waals surface area (Å²) in [5, 5.41) is 11.7. The average Bonchev–Trinajstić information content (AvgIpc) is 2.94. The monoisotopic (exact) mass is 648 g/mol. The highest BCUT2D eigenvalue weighted by Gasteiger charge is 2.44. The van der Waals surface area contributed by atoms with Gasteiger partial charge in [-0.2, -0.15) is 4.31 Å². The van der Waals surface area contributed by atoms with Crippen molar-refractivity contribution in [3.05, 3.63) is 59.7 Å². The van der Waals surface area contributed by atoms with Gasteiger partial charge in [-0.1, -0.05) is 31.2 Å². The quantitative estimate of drug-likeness (QED) is 0.399. The number of carboxylic acid groups (broad SMARTS) is 1. The van der Waals surface area contributed by atoms with Gasteiger partial charge in [0.25, 0.3) is 5.92 Å². The molecule has 0 bridgehead atoms. The van der Waals surface area contributed by atoms with Crippen molar-refractivity contribution in [2.75, 3.05) is 32.7 Å². The van der Waals surface area contributed by atoms with Crippen molar-refractivity contribution in [1.82, 2.24) is 19.4 Å². The van der Waals surface area contributed by atoms with Crippen LogP contribution in [0.25, 0.3) is 0 Å². The lowest BCUT2D eigenvalue weighted by molar-refractivity contribution is -0.274. The van der Waals surface area contributed by atoms with Gasteiger partial charge in [-0.3, -0.25) is 9.59 Å². The average molecular weight is 649 g/mol. The Hall–Kier alpha value is -3.99. The molecule has 2 aromatic carbocycles. The molecule has 0 aliphatic carbocycles. The molecular weight excluding hydrogens is 619 g/mol. The number of alkyl halides is 5. The number of aliphatic carboxylic acids is 1. The zero-order valence-electron chi connectivity index (χ0n) is 23.3. The van der Waals surface area contributed by atoms with Gasteiger partial charge in [-0.15, -0.1) is 13.2 Å². The second kappa shape index (κ2) is 12.6. The summed E-state index contributed by atoms with van der Waals surface area (Å²) in [7, 11) is -4.48. The Kier molecular flexibility index (Phi) is 9.39. The van der Waals surface area contributed by atoms with Gasteiger partial charge in [0.2, 0.25) is 15.9 Å². The van der Waals surface area contributed by atoms with Crippen LogP contribution in [0.1, 0.15) is 24.5 Å². The number of ether oxygens (including phenoxy) is 1. The number of carboxylic acids is 1. The zero-order valence-corrected chi connectivity index (χ0v) is 24.1. The number of amides is 3. The number of benzene rings is 2. The number of likely N-dealkylation sites (tertiary alicyclic amines) is 1. The molecule has 44 heavy (non-hydrogen) atoms. The number of rotatable bonds is 9. The van der Waals surface area contributed by atoms with E-state index < -0.39 is 75.8 Å². The summed E-state index contributed by atoms with van der Waals surface area (Å²) in [4.78, 5) is 39.6. The first-order valence-corrected chi connectivity index (χ1v) is 14.8. The van der Waals surface area contributed by atoms with Gasteiger partial charge in [0.05, 0.1) is 10.8 Å². The number of hydrogen-bond donors (Lipinski definition) is 2. The van der Waals surface area contributed by atoms with Crippen molar-refractivity contribution in [1.29, 1.82) is 0 Å². The molecule has 0 unspecified atom stereocenters. The van der Waals surface area contributed by atoms with Crippen LogP contribution >= 0.6 is 0 Å². The van der Waals surface area contributed by atoms with Gasteiger partial charge in [0.1, 0.15) is 11.8 Å². The number of urea groups is 1. The number of halogens is 5. The summed E-state index contributed by atoms with van der Waals surface area (Å²) in [6.07, 6.45) is -5.40. The fourth-order valence-electron chi connectivity index (χ4n) is 4.76. The van der Waals surface area contributed by atoms with Crippen LogP contribution in [-0.2, 0) is 32.1 Å². The number of carbonyl (C=O) groups is 3. The molecule has 1 atom stereocenters. The van der Waals surface area contributed by atoms with Crippen LogP contribution in [0.3, 0.4) is 0 Å². The summed E-state index contributed by atoms with van der Waals surface area (Å²) in [5.41, 5.74) is 0.226. The minimum atomic E-state index is -5.00. The van der Waals surface area contributed by atoms with Crippen molar-refractivity contribution in [2.24, 2.45) is 5.92 Å². The Bertz CT molecular complexity index is 1480. The Balaban J connectivity index is 1.53. The molecule has 2 aliphatic rings. The number of nitrogens with one attached hydrogen (secondary N) is 1. The molecule has 0 radical (unpaired) electrons. The van der Waals surface area contributed by atoms with Crippen molar-refractivity contribution in [3.8, 4) is 5.75 Å². The Morgan fingerprint density at radius 3 is 2.09 bits per heavy atom. The predicted octanol–water partition coefficient (Wildman–Crippen LogP) is 3.21. The van der Waals surface area contributed by atoms with E-state index >= 15 is 0 Å². The lowest BCUT2D eigenvalue weighted by Crippen LogP contribution is -2.65. The summed E-state index contributed by atoms with van der Waals surface area (Å²) in [6, 6.07) is 6.54. The Morgan fingerprint density at radius 2 is 1.55 bits per heavy atom. The van der Waals surface area contributed by atoms with Crippen LogP contribution < -0.4 is 10.1 Å². The number of nitrogens with zero attached hydrogens (tertiary/aromatic N) is 3. The molecule has 17 heteroatoms. The van der Waals surface area contributed by atoms with E-state index in [0.717, 1.165) is 28.6 Å². The first-order valence-electron chi connectivity index (χ1n) is 13.4. The lowest BCUT2D eigenvalue weighted by atomic mass is 10.0. The molecule has 2 heterocycles. The van der Waals surface area contributed by atoms with E-state index in [1.54, 1.807) is 0 Å². The molecule has 2 saturated heterocycles. The molecule has 4 rings (SSSR count). The van der Waals surface area contributed by atoms with Gasteiger partial charge < -0.3 is 25.0 Å². The highest BCUT2D eigenvalue weighted by atomic mass is 32.2. The fourth-order valence-corrected chi connectivity index (χ4v) is 6.33. The number of sulfonamides is 1. The standard InChI is InChI=1S/C27H29F5N4O7S/c1-2-26(28,29)19-5-3-17(4-6-19)13-33-23(37)22-16-34(25(40)35-14-18(15-35)24(38)39)11-12-36(22)44(41,42)21-9-7-20(8-10-21)43-27(30,31)32/h3-10,18,22H,2,11-16H2,1H3,(H,33,37)(H,38,39)/t22-/m1/s1. The van der Waals surface area contributed by atoms with Gasteiger partial charge in [0, 0.05) is 51.3 Å². The molecule has 11 nitrogen and oxygen atoms in total. The second-order valence-electron chi connectivity index (χ2n) is 10.3. The third kappa shape index (κ3) is 7.38. The summed E-state index contributed by atoms with van der Waals surface area (Å²) in [6.45, 7) is 0.151. The summed E-state index contributed by atoms with van der Waals surface area (Å²) >= 11 is 0. The molecule has 0 aromatic heterocycles. The van der Waals surface area contributed by atoms with Gasteiger partial charge in [-0.05, 0) is 29.8 Å². The number of piperazine rings is 1. The second-order valence-corrected chi connectivity index (χ2v) is 12.2. The van der Waals surface area contributed by atoms with E-state index in [9.17, 15) is 44.8 Å². The SMILES string of the molecule is CCC(F)(F)c1ccc(CNC(=O)[C@H]2CN(C(=O)N3CC(C(=O)O)C3)CCN2S(=O)(=O)c2ccc(OC(F)(F)F)cc2)cc1. The molecule has 2 aliphatic heterocycles. The topological polar surface area (TPSA) is 137 Å². The first-order chi connectivity index (χ1) is 20.5. The van der Waals surface area contributed by atoms with Crippen LogP contribution in [0.5, 0.6) is 5.75 Å². The fraction of sp³-hybridized carbons (Fsp3) is 0.444. The van der Waals surface area contributed by atoms with E-state index in [-0.39, 0.29) is 38.3 Å². The van der Waals surface area contributed by atoms with Crippen LogP contribution in [-0.4, -0.2) is 90.7 Å². The summed E-state index contributed by atoms with van der Waals surface area (Å²) in [5.74, 6) is -6.32. The molecular formula is C27H29F5N4O7S. The van der Waals surface area contributed by atoms with E-state index in [1.165, 1.54) is 41.0 Å². The molecule has 0 spiro atoms. The Labute approximate surface area is 249 Å². The smallest absolute Gasteiger partial charge is 0.481 e. The van der Waals surface area contributed by atoms with Gasteiger partial charge >= 0.3 is 18.4 Å². The van der Waals surface area contributed by atoms with Crippen molar-refractivity contribution < 1.29 is 54.6 Å². The van der Waals surface area contributed by atoms with Crippen LogP contribution in [0.4, 0.5) is 26.7 Å². The molecule has 3 amide bonds. The summed E-state index contributed by atoms with van der Waals surface area (Å²) < 4.78 is 97.3. The van der Waals surface area contributed by atoms with Gasteiger partial charge in [-0.25, -0.2) is 22.0 Å². The Morgan fingerprint density at radius 1 is 0.932 bits per heavy atom. The third-order valence-corrected chi connectivity index (χ3v) is 9.28. The first kappa shape index (κ1) is 32.9. The van der Waals surface area contributed by atoms with Crippen molar-refractivity contribution >= 4 is 27.9 Å². The maximum absolute atomic E-state index is 14.0. The molecule has 2 aromatic rings. The van der Waals surface area contributed by atoms with Gasteiger partial charge in [0.15, 0.2) is 0 Å². The predicted molar refractivity (Wildman–Crippen MR) is 143 cm³/mol. The van der Waals surface area contributed by atoms with Crippen molar-refractivity contribution in [3.63, 3.8) is 0 Å². The number of hydrogen-bond acceptors (Lipinski definition) is 6. The highest BCUT2D eigenvalue weighted by molar-refractivity contribution is 7.89. The largest absolute Gasteiger partial charge is 0.573 e. The van der Waals surface area contributed by atoms with E-state index in [1.807, 2.05) is 0 Å². The van der Waals surface area contributed by atoms with Crippen LogP contribution in [0.2, 0.25) is 0 Å². The van der Waals surface area contributed by atoms with Crippen LogP contribution in [0.15, 0.2) is 53.4 Å². The zero-order chi connectivity index (χ0) is 32.4. The molecule has 2 N–H and O–H groups in total. The molecule has 240 valence electrons. The third-order valence-electron chi connectivity index (χ3n) is 7.36. The van der Waals surface area contributed by atoms with E-state index in [0.29, 0.717) is 5.56 Å². The minimum Gasteiger partial charge on any atom is -0.481 e. The minimum absolute atomic E-state index is 0.0526. The lowest BCUT2D eigenvalue weighted by Gasteiger charge is -2.44. The maximum Gasteiger partial charge on any atom is 0.573 e. The van der Waals surface area contributed by atoms with E-state index in [2.05, 4.69) is 10.1 Å². The van der Waals surface area contributed by atoms with Crippen molar-refractivity contribution in [2.45, 2.75) is 43.1 Å². The molecule has 2 fully saturated rings. The highest BCUT2D eigenvalue weighted by Crippen LogP contribution is 2.31.